The Morgan fingerprint density at radius 3 is 2.41 bits per heavy atom. The number of hydrogen-bond acceptors (Lipinski definition) is 8. The molecule has 3 aromatic rings. The van der Waals surface area contributed by atoms with Crippen LogP contribution in [0.4, 0.5) is 18.9 Å². The van der Waals surface area contributed by atoms with Crippen molar-refractivity contribution in [3.8, 4) is 17.2 Å². The highest BCUT2D eigenvalue weighted by Crippen LogP contribution is 2.58. The van der Waals surface area contributed by atoms with Crippen LogP contribution in [-0.4, -0.2) is 83.2 Å². The number of halogens is 4. The first-order valence-electron chi connectivity index (χ1n) is 14.9. The van der Waals surface area contributed by atoms with E-state index < -0.39 is 61.0 Å². The van der Waals surface area contributed by atoms with Gasteiger partial charge in [0.25, 0.3) is 15.9 Å². The van der Waals surface area contributed by atoms with E-state index in [0.29, 0.717) is 9.87 Å². The fraction of sp³-hybridized carbons (Fsp3) is 0.333. The van der Waals surface area contributed by atoms with Crippen LogP contribution in [0.2, 0.25) is 5.02 Å². The van der Waals surface area contributed by atoms with Gasteiger partial charge in [0.2, 0.25) is 5.54 Å². The lowest BCUT2D eigenvalue weighted by Crippen LogP contribution is -2.69. The Morgan fingerprint density at radius 1 is 1.08 bits per heavy atom. The van der Waals surface area contributed by atoms with Crippen molar-refractivity contribution >= 4 is 45.2 Å². The molecule has 2 aliphatic rings. The SMILES string of the molecule is CC=Cc1ccc(OC)c(C2([N+]3(C)C[C@H](O)C[C@H]3C(=O)NC)C(=O)N(S(=O)(=O)c3ccc(OC)cc3OC(F)(F)F)c3ccc(Cl)cc32)c1. The van der Waals surface area contributed by atoms with E-state index in [1.165, 1.54) is 39.5 Å². The number of methoxy groups -OCH3 is 2. The largest absolute Gasteiger partial charge is 0.573 e. The number of aliphatic hydroxyl groups excluding tert-OH is 1. The van der Waals surface area contributed by atoms with Gasteiger partial charge in [0.05, 0.1) is 38.1 Å². The number of allylic oxidation sites excluding steroid dienone is 1. The number of rotatable bonds is 9. The Morgan fingerprint density at radius 2 is 1.80 bits per heavy atom. The van der Waals surface area contributed by atoms with Crippen LogP contribution < -0.4 is 23.8 Å². The fourth-order valence-corrected chi connectivity index (χ4v) is 8.82. The number of quaternary nitrogens is 1. The zero-order valence-corrected chi connectivity index (χ0v) is 28.6. The van der Waals surface area contributed by atoms with Crippen LogP contribution in [0.5, 0.6) is 17.2 Å². The van der Waals surface area contributed by atoms with Crippen molar-refractivity contribution in [2.45, 2.75) is 42.3 Å². The van der Waals surface area contributed by atoms with Gasteiger partial charge in [0.1, 0.15) is 29.0 Å². The van der Waals surface area contributed by atoms with E-state index in [-0.39, 0.29) is 46.3 Å². The number of carbonyl (C=O) groups is 2. The summed E-state index contributed by atoms with van der Waals surface area (Å²) in [6.45, 7) is 1.55. The average Bonchev–Trinajstić information content (AvgIpc) is 3.50. The summed E-state index contributed by atoms with van der Waals surface area (Å²) in [5.41, 5.74) is -1.69. The van der Waals surface area contributed by atoms with Gasteiger partial charge in [-0.1, -0.05) is 29.8 Å². The maximum Gasteiger partial charge on any atom is 0.573 e. The lowest BCUT2D eigenvalue weighted by Gasteiger charge is -2.48. The number of hydrogen-bond donors (Lipinski definition) is 2. The number of likely N-dealkylation sites (N-methyl/N-ethyl adjacent to an activating group) is 2. The van der Waals surface area contributed by atoms with Crippen molar-refractivity contribution in [1.82, 2.24) is 5.32 Å². The zero-order chi connectivity index (χ0) is 36.1. The second kappa shape index (κ2) is 12.9. The highest BCUT2D eigenvalue weighted by Gasteiger charge is 2.72. The summed E-state index contributed by atoms with van der Waals surface area (Å²) < 4.78 is 85.0. The van der Waals surface area contributed by atoms with Gasteiger partial charge in [0.15, 0.2) is 11.8 Å². The molecule has 262 valence electrons. The summed E-state index contributed by atoms with van der Waals surface area (Å²) >= 11 is 6.54. The summed E-state index contributed by atoms with van der Waals surface area (Å²) in [5.74, 6) is -2.85. The highest BCUT2D eigenvalue weighted by molar-refractivity contribution is 7.93. The molecular weight excluding hydrogens is 691 g/mol. The molecule has 2 aliphatic heterocycles. The van der Waals surface area contributed by atoms with Crippen molar-refractivity contribution in [2.75, 3.05) is 39.2 Å². The molecule has 2 unspecified atom stereocenters. The zero-order valence-electron chi connectivity index (χ0n) is 27.0. The van der Waals surface area contributed by atoms with Crippen molar-refractivity contribution in [1.29, 1.82) is 0 Å². The van der Waals surface area contributed by atoms with E-state index in [1.807, 2.05) is 0 Å². The van der Waals surface area contributed by atoms with Gasteiger partial charge in [-0.2, -0.15) is 4.31 Å². The number of ether oxygens (including phenoxy) is 3. The van der Waals surface area contributed by atoms with Gasteiger partial charge >= 0.3 is 12.3 Å². The Labute approximate surface area is 286 Å². The van der Waals surface area contributed by atoms with E-state index in [4.69, 9.17) is 21.1 Å². The molecule has 0 aliphatic carbocycles. The smallest absolute Gasteiger partial charge is 0.497 e. The summed E-state index contributed by atoms with van der Waals surface area (Å²) in [7, 11) is 0.214. The first-order chi connectivity index (χ1) is 23.0. The Bertz CT molecular complexity index is 1960. The minimum atomic E-state index is -5.31. The molecule has 4 atom stereocenters. The topological polar surface area (TPSA) is 131 Å². The summed E-state index contributed by atoms with van der Waals surface area (Å²) in [6, 6.07) is 10.4. The molecule has 2 amide bonds. The summed E-state index contributed by atoms with van der Waals surface area (Å²) in [4.78, 5) is 28.1. The lowest BCUT2D eigenvalue weighted by molar-refractivity contribution is -0.953. The van der Waals surface area contributed by atoms with E-state index in [9.17, 15) is 31.5 Å². The lowest BCUT2D eigenvalue weighted by atomic mass is 9.78. The standard InChI is InChI=1S/C33H33ClF3N3O8S/c1-6-7-19-8-12-27(47-5)24(14-19)32(40(3)18-21(41)16-26(40)30(42)38-2)23-15-20(34)9-11-25(23)39(31(32)43)49(44,45)29-13-10-22(46-4)17-28(29)48-33(35,36)37/h6-15,17,21,26,41H,16,18H2,1-5H3/p+1/t21-,26+,32?,40?/m1/s1. The molecule has 3 aromatic carbocycles. The quantitative estimate of drug-likeness (QED) is 0.307. The Hall–Kier alpha value is -4.31. The third kappa shape index (κ3) is 5.77. The number of benzene rings is 3. The van der Waals surface area contributed by atoms with E-state index in [1.54, 1.807) is 44.3 Å². The number of nitrogens with one attached hydrogen (secondary N) is 1. The number of alkyl halides is 3. The van der Waals surface area contributed by atoms with Gasteiger partial charge in [-0.05, 0) is 55.0 Å². The van der Waals surface area contributed by atoms with E-state index >= 15 is 4.79 Å². The fourth-order valence-electron chi connectivity index (χ4n) is 7.08. The number of anilines is 1. The van der Waals surface area contributed by atoms with Gasteiger partial charge in [-0.15, -0.1) is 13.2 Å². The monoisotopic (exact) mass is 724 g/mol. The molecule has 0 bridgehead atoms. The Balaban J connectivity index is 1.93. The predicted octanol–water partition coefficient (Wildman–Crippen LogP) is 4.59. The first-order valence-corrected chi connectivity index (χ1v) is 16.7. The van der Waals surface area contributed by atoms with Gasteiger partial charge in [-0.3, -0.25) is 14.1 Å². The van der Waals surface area contributed by atoms with Crippen molar-refractivity contribution in [2.24, 2.45) is 0 Å². The average molecular weight is 725 g/mol. The maximum atomic E-state index is 15.5. The van der Waals surface area contributed by atoms with Crippen molar-refractivity contribution in [3.05, 3.63) is 82.4 Å². The van der Waals surface area contributed by atoms with E-state index in [0.717, 1.165) is 18.2 Å². The molecule has 0 aromatic heterocycles. The minimum Gasteiger partial charge on any atom is -0.497 e. The maximum absolute atomic E-state index is 15.5. The molecule has 16 heteroatoms. The number of fused-ring (bicyclic) bond motifs is 1. The second-order valence-electron chi connectivity index (χ2n) is 11.7. The molecule has 2 heterocycles. The third-order valence-electron chi connectivity index (χ3n) is 9.02. The van der Waals surface area contributed by atoms with Crippen molar-refractivity contribution in [3.63, 3.8) is 0 Å². The number of carbonyl (C=O) groups excluding carboxylic acids is 2. The first kappa shape index (κ1) is 36.0. The van der Waals surface area contributed by atoms with Crippen LogP contribution in [0.15, 0.2) is 65.6 Å². The van der Waals surface area contributed by atoms with E-state index in [2.05, 4.69) is 10.1 Å². The second-order valence-corrected chi connectivity index (χ2v) is 13.9. The number of likely N-dealkylation sites (tertiary alicyclic amines) is 1. The highest BCUT2D eigenvalue weighted by atomic mass is 35.5. The molecule has 0 spiro atoms. The molecule has 1 fully saturated rings. The number of nitrogens with zero attached hydrogens (tertiary/aromatic N) is 2. The predicted molar refractivity (Wildman–Crippen MR) is 174 cm³/mol. The number of sulfonamides is 1. The van der Waals surface area contributed by atoms with Crippen LogP contribution in [0, 0.1) is 0 Å². The molecule has 11 nitrogen and oxygen atoms in total. The van der Waals surface area contributed by atoms with Crippen LogP contribution >= 0.6 is 11.6 Å². The van der Waals surface area contributed by atoms with Gasteiger partial charge in [-0.25, -0.2) is 8.42 Å². The minimum absolute atomic E-state index is 0.0156. The summed E-state index contributed by atoms with van der Waals surface area (Å²) in [5, 5.41) is 13.8. The van der Waals surface area contributed by atoms with Gasteiger partial charge < -0.3 is 24.6 Å². The molecule has 0 radical (unpaired) electrons. The number of aliphatic hydroxyl groups is 1. The Kier molecular flexibility index (Phi) is 9.44. The van der Waals surface area contributed by atoms with Crippen LogP contribution in [0.3, 0.4) is 0 Å². The molecule has 49 heavy (non-hydrogen) atoms. The molecule has 2 N–H and O–H groups in total. The van der Waals surface area contributed by atoms with Crippen LogP contribution in [-0.2, 0) is 25.2 Å². The van der Waals surface area contributed by atoms with Crippen LogP contribution in [0.25, 0.3) is 6.08 Å². The molecular formula is C33H34ClF3N3O8S+. The third-order valence-corrected chi connectivity index (χ3v) is 11.0. The van der Waals surface area contributed by atoms with Gasteiger partial charge in [0, 0.05) is 24.6 Å². The van der Waals surface area contributed by atoms with Crippen LogP contribution in [0.1, 0.15) is 30.0 Å². The summed E-state index contributed by atoms with van der Waals surface area (Å²) in [6.07, 6.45) is -3.07. The number of amides is 2. The normalized spacial score (nSPS) is 23.9. The molecule has 1 saturated heterocycles. The molecule has 5 rings (SSSR count). The molecule has 0 saturated carbocycles. The van der Waals surface area contributed by atoms with Crippen molar-refractivity contribution < 1.29 is 55.0 Å².